The molecular weight excluding hydrogens is 477 g/mol. The fourth-order valence-electron chi connectivity index (χ4n) is 3.03. The van der Waals surface area contributed by atoms with E-state index in [4.69, 9.17) is 16.3 Å². The largest absolute Gasteiger partial charge is 0.497 e. The number of nitrogens with one attached hydrogen (secondary N) is 1. The molecule has 0 unspecified atom stereocenters. The number of methoxy groups -OCH3 is 1. The van der Waals surface area contributed by atoms with Crippen molar-refractivity contribution in [2.45, 2.75) is 5.16 Å². The highest BCUT2D eigenvalue weighted by atomic mass is 35.5. The van der Waals surface area contributed by atoms with E-state index in [0.29, 0.717) is 16.0 Å². The lowest BCUT2D eigenvalue weighted by Crippen LogP contribution is -2.20. The summed E-state index contributed by atoms with van der Waals surface area (Å²) in [6, 6.07) is 20.8. The fourth-order valence-corrected chi connectivity index (χ4v) is 3.90. The van der Waals surface area contributed by atoms with Gasteiger partial charge < -0.3 is 4.74 Å². The number of ether oxygens (including phenoxy) is 1. The molecule has 10 heteroatoms. The topological polar surface area (TPSA) is 81.4 Å². The van der Waals surface area contributed by atoms with Crippen LogP contribution >= 0.6 is 23.4 Å². The first-order valence-corrected chi connectivity index (χ1v) is 11.5. The van der Waals surface area contributed by atoms with Gasteiger partial charge in [-0.05, 0) is 54.6 Å². The van der Waals surface area contributed by atoms with E-state index in [2.05, 4.69) is 20.7 Å². The number of aromatic nitrogens is 3. The SMILES string of the molecule is COc1ccc(-c2nnc(SCC(=O)NN=Cc3ccccc3F)n2-c2ccc(Cl)cc2)cc1. The number of carbonyl (C=O) groups is 1. The molecule has 4 aromatic rings. The number of amides is 1. The number of hydrogen-bond acceptors (Lipinski definition) is 6. The van der Waals surface area contributed by atoms with Crippen LogP contribution in [0.25, 0.3) is 17.1 Å². The summed E-state index contributed by atoms with van der Waals surface area (Å²) in [5, 5.41) is 13.6. The second-order valence-corrected chi connectivity index (χ2v) is 8.33. The van der Waals surface area contributed by atoms with Crippen molar-refractivity contribution in [1.29, 1.82) is 0 Å². The van der Waals surface area contributed by atoms with Crippen LogP contribution in [0.5, 0.6) is 5.75 Å². The molecule has 0 aliphatic carbocycles. The number of carbonyl (C=O) groups excluding carboxylic acids is 1. The smallest absolute Gasteiger partial charge is 0.250 e. The quantitative estimate of drug-likeness (QED) is 0.212. The Morgan fingerprint density at radius 2 is 1.85 bits per heavy atom. The average molecular weight is 496 g/mol. The lowest BCUT2D eigenvalue weighted by atomic mass is 10.2. The van der Waals surface area contributed by atoms with Gasteiger partial charge in [-0.15, -0.1) is 10.2 Å². The Bertz CT molecular complexity index is 1310. The van der Waals surface area contributed by atoms with E-state index >= 15 is 0 Å². The molecule has 3 aromatic carbocycles. The maximum absolute atomic E-state index is 13.7. The second kappa shape index (κ2) is 11.0. The summed E-state index contributed by atoms with van der Waals surface area (Å²) in [6.07, 6.45) is 1.26. The summed E-state index contributed by atoms with van der Waals surface area (Å²) in [5.41, 5.74) is 4.30. The molecule has 4 rings (SSSR count). The fraction of sp³-hybridized carbons (Fsp3) is 0.0833. The number of thioether (sulfide) groups is 1. The number of hydrazone groups is 1. The van der Waals surface area contributed by atoms with Gasteiger partial charge >= 0.3 is 0 Å². The van der Waals surface area contributed by atoms with E-state index in [1.807, 2.05) is 41.0 Å². The standard InChI is InChI=1S/C24H19ClFN5O2S/c1-33-20-12-6-16(7-13-20)23-29-30-24(31(23)19-10-8-18(25)9-11-19)34-15-22(32)28-27-14-17-4-2-3-5-21(17)26/h2-14H,15H2,1H3,(H,28,32). The van der Waals surface area contributed by atoms with Gasteiger partial charge in [-0.25, -0.2) is 9.82 Å². The molecule has 34 heavy (non-hydrogen) atoms. The van der Waals surface area contributed by atoms with Gasteiger partial charge in [0.2, 0.25) is 0 Å². The monoisotopic (exact) mass is 495 g/mol. The molecule has 1 aromatic heterocycles. The van der Waals surface area contributed by atoms with Crippen molar-refractivity contribution in [2.24, 2.45) is 5.10 Å². The van der Waals surface area contributed by atoms with Crippen molar-refractivity contribution in [1.82, 2.24) is 20.2 Å². The molecule has 0 saturated heterocycles. The third-order valence-electron chi connectivity index (χ3n) is 4.70. The molecule has 0 radical (unpaired) electrons. The highest BCUT2D eigenvalue weighted by molar-refractivity contribution is 7.99. The Kier molecular flexibility index (Phi) is 7.56. The summed E-state index contributed by atoms with van der Waals surface area (Å²) in [4.78, 5) is 12.3. The van der Waals surface area contributed by atoms with Crippen LogP contribution in [0.2, 0.25) is 5.02 Å². The Morgan fingerprint density at radius 3 is 2.56 bits per heavy atom. The molecular formula is C24H19ClFN5O2S. The van der Waals surface area contributed by atoms with Crippen LogP contribution < -0.4 is 10.2 Å². The molecule has 0 aliphatic rings. The zero-order valence-electron chi connectivity index (χ0n) is 18.0. The molecule has 1 N–H and O–H groups in total. The molecule has 0 aliphatic heterocycles. The van der Waals surface area contributed by atoms with E-state index < -0.39 is 5.82 Å². The van der Waals surface area contributed by atoms with E-state index in [1.54, 1.807) is 37.4 Å². The minimum atomic E-state index is -0.419. The van der Waals surface area contributed by atoms with Crippen LogP contribution in [0.3, 0.4) is 0 Å². The summed E-state index contributed by atoms with van der Waals surface area (Å²) in [5.74, 6) is 0.573. The van der Waals surface area contributed by atoms with E-state index in [1.165, 1.54) is 24.0 Å². The van der Waals surface area contributed by atoms with Gasteiger partial charge in [-0.3, -0.25) is 9.36 Å². The van der Waals surface area contributed by atoms with Crippen LogP contribution in [0, 0.1) is 5.82 Å². The number of benzene rings is 3. The molecule has 7 nitrogen and oxygen atoms in total. The van der Waals surface area contributed by atoms with Crippen molar-refractivity contribution >= 4 is 35.5 Å². The highest BCUT2D eigenvalue weighted by Crippen LogP contribution is 2.29. The molecule has 0 fully saturated rings. The lowest BCUT2D eigenvalue weighted by molar-refractivity contribution is -0.118. The Hall–Kier alpha value is -3.69. The minimum Gasteiger partial charge on any atom is -0.497 e. The maximum atomic E-state index is 13.7. The van der Waals surface area contributed by atoms with Crippen molar-refractivity contribution in [3.8, 4) is 22.8 Å². The third-order valence-corrected chi connectivity index (χ3v) is 5.88. The highest BCUT2D eigenvalue weighted by Gasteiger charge is 2.17. The Morgan fingerprint density at radius 1 is 1.12 bits per heavy atom. The number of hydrogen-bond donors (Lipinski definition) is 1. The predicted octanol–water partition coefficient (Wildman–Crippen LogP) is 4.98. The molecule has 0 spiro atoms. The van der Waals surface area contributed by atoms with Crippen molar-refractivity contribution in [3.05, 3.63) is 89.2 Å². The van der Waals surface area contributed by atoms with Gasteiger partial charge in [-0.2, -0.15) is 5.10 Å². The Balaban J connectivity index is 1.53. The van der Waals surface area contributed by atoms with Gasteiger partial charge in [0.05, 0.1) is 19.1 Å². The predicted molar refractivity (Wildman–Crippen MR) is 131 cm³/mol. The van der Waals surface area contributed by atoms with Gasteiger partial charge in [0.1, 0.15) is 11.6 Å². The van der Waals surface area contributed by atoms with Crippen LogP contribution in [0.4, 0.5) is 4.39 Å². The molecule has 0 bridgehead atoms. The van der Waals surface area contributed by atoms with Crippen molar-refractivity contribution < 1.29 is 13.9 Å². The normalized spacial score (nSPS) is 11.0. The number of nitrogens with zero attached hydrogens (tertiary/aromatic N) is 4. The number of rotatable bonds is 8. The first-order valence-electron chi connectivity index (χ1n) is 10.1. The van der Waals surface area contributed by atoms with Gasteiger partial charge in [-0.1, -0.05) is 41.6 Å². The van der Waals surface area contributed by atoms with E-state index in [0.717, 1.165) is 17.0 Å². The second-order valence-electron chi connectivity index (χ2n) is 6.95. The zero-order valence-corrected chi connectivity index (χ0v) is 19.6. The molecule has 1 heterocycles. The zero-order chi connectivity index (χ0) is 23.9. The van der Waals surface area contributed by atoms with Crippen LogP contribution in [-0.4, -0.2) is 39.7 Å². The van der Waals surface area contributed by atoms with E-state index in [-0.39, 0.29) is 17.2 Å². The lowest BCUT2D eigenvalue weighted by Gasteiger charge is -2.11. The van der Waals surface area contributed by atoms with Crippen LogP contribution in [0.15, 0.2) is 83.1 Å². The third kappa shape index (κ3) is 5.62. The minimum absolute atomic E-state index is 0.0307. The van der Waals surface area contributed by atoms with Gasteiger partial charge in [0.15, 0.2) is 11.0 Å². The molecule has 0 saturated carbocycles. The van der Waals surface area contributed by atoms with Gasteiger partial charge in [0.25, 0.3) is 5.91 Å². The molecule has 172 valence electrons. The number of halogens is 2. The summed E-state index contributed by atoms with van der Waals surface area (Å²) < 4.78 is 20.7. The van der Waals surface area contributed by atoms with Crippen molar-refractivity contribution in [3.63, 3.8) is 0 Å². The van der Waals surface area contributed by atoms with Crippen LogP contribution in [0.1, 0.15) is 5.56 Å². The van der Waals surface area contributed by atoms with Crippen molar-refractivity contribution in [2.75, 3.05) is 12.9 Å². The van der Waals surface area contributed by atoms with E-state index in [9.17, 15) is 9.18 Å². The van der Waals surface area contributed by atoms with Crippen LogP contribution in [-0.2, 0) is 4.79 Å². The average Bonchev–Trinajstić information content (AvgIpc) is 3.28. The first kappa shape index (κ1) is 23.5. The Labute approximate surface area is 204 Å². The first-order chi connectivity index (χ1) is 16.5. The molecule has 0 atom stereocenters. The van der Waals surface area contributed by atoms with Gasteiger partial charge in [0, 0.05) is 21.8 Å². The summed E-state index contributed by atoms with van der Waals surface area (Å²) in [6.45, 7) is 0. The summed E-state index contributed by atoms with van der Waals surface area (Å²) in [7, 11) is 1.60. The molecule has 1 amide bonds. The summed E-state index contributed by atoms with van der Waals surface area (Å²) >= 11 is 7.26. The maximum Gasteiger partial charge on any atom is 0.250 e.